The van der Waals surface area contributed by atoms with Crippen LogP contribution in [0.1, 0.15) is 11.1 Å². The minimum absolute atomic E-state index is 0.0244. The molecule has 4 heteroatoms. The molecule has 0 unspecified atom stereocenters. The fraction of sp³-hybridized carbons (Fsp3) is 0.222. The summed E-state index contributed by atoms with van der Waals surface area (Å²) in [6.07, 6.45) is 1.38. The van der Waals surface area contributed by atoms with Crippen molar-refractivity contribution in [3.05, 3.63) is 23.3 Å². The van der Waals surface area contributed by atoms with Crippen LogP contribution < -0.4 is 0 Å². The second-order valence-corrected chi connectivity index (χ2v) is 2.62. The molecular formula is C9H9NO3. The van der Waals surface area contributed by atoms with Gasteiger partial charge in [-0.05, 0) is 19.1 Å². The second-order valence-electron chi connectivity index (χ2n) is 2.62. The van der Waals surface area contributed by atoms with E-state index in [1.54, 1.807) is 6.92 Å². The molecule has 0 saturated heterocycles. The zero-order chi connectivity index (χ0) is 9.84. The van der Waals surface area contributed by atoms with E-state index < -0.39 is 0 Å². The Balaban J connectivity index is 3.10. The van der Waals surface area contributed by atoms with Crippen LogP contribution in [0.2, 0.25) is 0 Å². The fourth-order valence-electron chi connectivity index (χ4n) is 0.991. The molecule has 0 aliphatic heterocycles. The molecule has 0 aromatic heterocycles. The molecule has 1 aromatic carbocycles. The van der Waals surface area contributed by atoms with Gasteiger partial charge in [-0.1, -0.05) is 0 Å². The molecule has 0 aliphatic rings. The van der Waals surface area contributed by atoms with E-state index in [0.29, 0.717) is 11.1 Å². The van der Waals surface area contributed by atoms with Crippen molar-refractivity contribution in [1.82, 2.24) is 0 Å². The molecule has 0 atom stereocenters. The third kappa shape index (κ3) is 1.86. The Morgan fingerprint density at radius 1 is 1.46 bits per heavy atom. The van der Waals surface area contributed by atoms with Crippen LogP contribution in [-0.2, 0) is 11.3 Å². The van der Waals surface area contributed by atoms with Crippen molar-refractivity contribution in [3.63, 3.8) is 0 Å². The molecule has 0 aliphatic carbocycles. The highest BCUT2D eigenvalue weighted by Gasteiger charge is 2.06. The van der Waals surface area contributed by atoms with Gasteiger partial charge in [0.25, 0.3) is 0 Å². The number of hydrogen-bond acceptors (Lipinski definition) is 4. The van der Waals surface area contributed by atoms with E-state index in [9.17, 15) is 15.0 Å². The third-order valence-corrected chi connectivity index (χ3v) is 1.80. The SMILES string of the molecule is Cc1c(O)ccc(CN=C=O)c1O. The Bertz CT molecular complexity index is 367. The molecule has 0 fully saturated rings. The molecule has 68 valence electrons. The van der Waals surface area contributed by atoms with Gasteiger partial charge in [0.2, 0.25) is 6.08 Å². The zero-order valence-electron chi connectivity index (χ0n) is 7.11. The van der Waals surface area contributed by atoms with Crippen LogP contribution in [0, 0.1) is 6.92 Å². The van der Waals surface area contributed by atoms with E-state index in [2.05, 4.69) is 4.99 Å². The monoisotopic (exact) mass is 179 g/mol. The van der Waals surface area contributed by atoms with Crippen LogP contribution in [0.4, 0.5) is 0 Å². The van der Waals surface area contributed by atoms with Gasteiger partial charge in [-0.25, -0.2) is 9.79 Å². The van der Waals surface area contributed by atoms with Crippen LogP contribution in [0.15, 0.2) is 17.1 Å². The van der Waals surface area contributed by atoms with Crippen molar-refractivity contribution < 1.29 is 15.0 Å². The van der Waals surface area contributed by atoms with Crippen molar-refractivity contribution in [2.75, 3.05) is 0 Å². The number of phenolic OH excluding ortho intramolecular Hbond substituents is 2. The molecule has 0 bridgehead atoms. The average molecular weight is 179 g/mol. The zero-order valence-corrected chi connectivity index (χ0v) is 7.11. The topological polar surface area (TPSA) is 69.9 Å². The van der Waals surface area contributed by atoms with E-state index in [4.69, 9.17) is 0 Å². The lowest BCUT2D eigenvalue weighted by atomic mass is 10.1. The normalized spacial score (nSPS) is 9.31. The standard InChI is InChI=1S/C9H9NO3/c1-6-8(12)3-2-7(9(6)13)4-10-5-11/h2-3,12-13H,4H2,1H3. The van der Waals surface area contributed by atoms with Crippen LogP contribution in [-0.4, -0.2) is 16.3 Å². The summed E-state index contributed by atoms with van der Waals surface area (Å²) in [5.41, 5.74) is 0.886. The van der Waals surface area contributed by atoms with Gasteiger partial charge in [-0.15, -0.1) is 0 Å². The van der Waals surface area contributed by atoms with Gasteiger partial charge in [-0.3, -0.25) is 0 Å². The van der Waals surface area contributed by atoms with Gasteiger partial charge in [0.1, 0.15) is 11.5 Å². The minimum Gasteiger partial charge on any atom is -0.508 e. The van der Waals surface area contributed by atoms with Crippen LogP contribution in [0.5, 0.6) is 11.5 Å². The lowest BCUT2D eigenvalue weighted by Gasteiger charge is -2.05. The number of hydrogen-bond donors (Lipinski definition) is 2. The highest BCUT2D eigenvalue weighted by Crippen LogP contribution is 2.29. The first-order valence-electron chi connectivity index (χ1n) is 3.71. The van der Waals surface area contributed by atoms with E-state index in [0.717, 1.165) is 0 Å². The number of phenols is 2. The first kappa shape index (κ1) is 9.29. The Hall–Kier alpha value is -1.80. The van der Waals surface area contributed by atoms with E-state index in [1.807, 2.05) is 0 Å². The van der Waals surface area contributed by atoms with Crippen molar-refractivity contribution in [1.29, 1.82) is 0 Å². The molecule has 1 rings (SSSR count). The molecular weight excluding hydrogens is 170 g/mol. The highest BCUT2D eigenvalue weighted by atomic mass is 16.3. The fourth-order valence-corrected chi connectivity index (χ4v) is 0.991. The number of nitrogens with zero attached hydrogens (tertiary/aromatic N) is 1. The summed E-state index contributed by atoms with van der Waals surface area (Å²) in [5.74, 6) is -0.00432. The molecule has 2 N–H and O–H groups in total. The number of benzene rings is 1. The summed E-state index contributed by atoms with van der Waals surface area (Å²) in [5, 5.41) is 18.6. The molecule has 4 nitrogen and oxygen atoms in total. The molecule has 0 heterocycles. The maximum Gasteiger partial charge on any atom is 0.235 e. The van der Waals surface area contributed by atoms with Crippen LogP contribution in [0.3, 0.4) is 0 Å². The Morgan fingerprint density at radius 3 is 2.77 bits per heavy atom. The van der Waals surface area contributed by atoms with Crippen LogP contribution >= 0.6 is 0 Å². The Kier molecular flexibility index (Phi) is 2.67. The summed E-state index contributed by atoms with van der Waals surface area (Å²) in [7, 11) is 0. The van der Waals surface area contributed by atoms with E-state index in [1.165, 1.54) is 18.2 Å². The predicted octanol–water partition coefficient (Wildman–Crippen LogP) is 1.24. The van der Waals surface area contributed by atoms with Gasteiger partial charge in [-0.2, -0.15) is 0 Å². The minimum atomic E-state index is -0.0287. The number of carbonyl (C=O) groups excluding carboxylic acids is 1. The second kappa shape index (κ2) is 3.74. The highest BCUT2D eigenvalue weighted by molar-refractivity contribution is 5.48. The molecule has 0 amide bonds. The lowest BCUT2D eigenvalue weighted by molar-refractivity contribution is 0.439. The molecule has 1 aromatic rings. The quantitative estimate of drug-likeness (QED) is 0.530. The molecule has 0 saturated carbocycles. The van der Waals surface area contributed by atoms with Gasteiger partial charge in [0, 0.05) is 11.1 Å². The third-order valence-electron chi connectivity index (χ3n) is 1.80. The summed E-state index contributed by atoms with van der Waals surface area (Å²) in [6.45, 7) is 1.66. The summed E-state index contributed by atoms with van der Waals surface area (Å²) in [4.78, 5) is 13.1. The Labute approximate surface area is 75.2 Å². The summed E-state index contributed by atoms with van der Waals surface area (Å²) in [6, 6.07) is 2.96. The van der Waals surface area contributed by atoms with Crippen molar-refractivity contribution >= 4 is 6.08 Å². The molecule has 13 heavy (non-hydrogen) atoms. The van der Waals surface area contributed by atoms with Gasteiger partial charge < -0.3 is 10.2 Å². The first-order valence-corrected chi connectivity index (χ1v) is 3.71. The first-order chi connectivity index (χ1) is 6.16. The molecule has 0 spiro atoms. The maximum absolute atomic E-state index is 9.82. The van der Waals surface area contributed by atoms with Gasteiger partial charge in [0.15, 0.2) is 0 Å². The summed E-state index contributed by atoms with van der Waals surface area (Å²) >= 11 is 0. The number of isocyanates is 1. The Morgan fingerprint density at radius 2 is 2.15 bits per heavy atom. The van der Waals surface area contributed by atoms with Crippen molar-refractivity contribution in [3.8, 4) is 11.5 Å². The van der Waals surface area contributed by atoms with E-state index >= 15 is 0 Å². The molecule has 0 radical (unpaired) electrons. The van der Waals surface area contributed by atoms with Gasteiger partial charge >= 0.3 is 0 Å². The maximum atomic E-state index is 9.82. The van der Waals surface area contributed by atoms with Crippen molar-refractivity contribution in [2.45, 2.75) is 13.5 Å². The van der Waals surface area contributed by atoms with Gasteiger partial charge in [0.05, 0.1) is 6.54 Å². The smallest absolute Gasteiger partial charge is 0.235 e. The average Bonchev–Trinajstić information content (AvgIpc) is 2.13. The largest absolute Gasteiger partial charge is 0.508 e. The summed E-state index contributed by atoms with van der Waals surface area (Å²) < 4.78 is 0. The number of rotatable bonds is 2. The number of aliphatic imine (C=N–C) groups is 1. The lowest BCUT2D eigenvalue weighted by Crippen LogP contribution is -1.86. The van der Waals surface area contributed by atoms with Crippen LogP contribution in [0.25, 0.3) is 0 Å². The number of aromatic hydroxyl groups is 2. The predicted molar refractivity (Wildman–Crippen MR) is 46.3 cm³/mol. The van der Waals surface area contributed by atoms with E-state index in [-0.39, 0.29) is 18.0 Å². The van der Waals surface area contributed by atoms with Crippen molar-refractivity contribution in [2.24, 2.45) is 4.99 Å².